The van der Waals surface area contributed by atoms with E-state index in [-0.39, 0.29) is 22.8 Å². The van der Waals surface area contributed by atoms with Gasteiger partial charge in [-0.15, -0.1) is 0 Å². The Bertz CT molecular complexity index is 1020. The molecule has 7 nitrogen and oxygen atoms in total. The summed E-state index contributed by atoms with van der Waals surface area (Å²) in [4.78, 5) is 30.9. The van der Waals surface area contributed by atoms with Crippen molar-refractivity contribution in [1.82, 2.24) is 25.9 Å². The SMILES string of the molecule is O=C1NCC(C(=O)N[C@@H](c2cnc(C(F)(F)F)c(Cl)c2)c2ccc(Cl)c(C(F)F)n2)N1. The molecular formula is C17H12Cl2F5N5O2. The normalized spacial score (nSPS) is 17.3. The number of hydrogen-bond acceptors (Lipinski definition) is 4. The Balaban J connectivity index is 2.02. The van der Waals surface area contributed by atoms with E-state index >= 15 is 0 Å². The molecule has 2 aromatic rings. The van der Waals surface area contributed by atoms with Crippen molar-refractivity contribution in [3.63, 3.8) is 0 Å². The molecule has 3 N–H and O–H groups in total. The van der Waals surface area contributed by atoms with Gasteiger partial charge in [-0.05, 0) is 18.2 Å². The molecule has 0 aromatic carbocycles. The highest BCUT2D eigenvalue weighted by molar-refractivity contribution is 6.31. The highest BCUT2D eigenvalue weighted by Crippen LogP contribution is 2.35. The highest BCUT2D eigenvalue weighted by atomic mass is 35.5. The fourth-order valence-corrected chi connectivity index (χ4v) is 3.26. The molecule has 1 aliphatic rings. The Morgan fingerprint density at radius 2 is 1.94 bits per heavy atom. The van der Waals surface area contributed by atoms with Gasteiger partial charge in [0.25, 0.3) is 6.43 Å². The Labute approximate surface area is 181 Å². The second kappa shape index (κ2) is 8.79. The molecule has 31 heavy (non-hydrogen) atoms. The molecule has 1 fully saturated rings. The van der Waals surface area contributed by atoms with Crippen LogP contribution < -0.4 is 16.0 Å². The first-order valence-corrected chi connectivity index (χ1v) is 9.25. The van der Waals surface area contributed by atoms with E-state index in [0.29, 0.717) is 0 Å². The smallest absolute Gasteiger partial charge is 0.342 e. The molecule has 0 spiro atoms. The molecule has 3 amide bonds. The van der Waals surface area contributed by atoms with Crippen molar-refractivity contribution in [2.75, 3.05) is 6.54 Å². The van der Waals surface area contributed by atoms with Crippen molar-refractivity contribution >= 4 is 35.1 Å². The lowest BCUT2D eigenvalue weighted by molar-refractivity contribution is -0.141. The van der Waals surface area contributed by atoms with E-state index in [1.165, 1.54) is 6.07 Å². The molecule has 14 heteroatoms. The summed E-state index contributed by atoms with van der Waals surface area (Å²) in [6.45, 7) is -0.0558. The fraction of sp³-hybridized carbons (Fsp3) is 0.294. The minimum Gasteiger partial charge on any atom is -0.342 e. The van der Waals surface area contributed by atoms with Crippen molar-refractivity contribution in [3.8, 4) is 0 Å². The number of nitrogens with one attached hydrogen (secondary N) is 3. The van der Waals surface area contributed by atoms with Gasteiger partial charge in [0.1, 0.15) is 11.7 Å². The van der Waals surface area contributed by atoms with Crippen LogP contribution in [-0.2, 0) is 11.0 Å². The summed E-state index contributed by atoms with van der Waals surface area (Å²) in [5, 5.41) is 6.06. The first-order valence-electron chi connectivity index (χ1n) is 8.49. The lowest BCUT2D eigenvalue weighted by Gasteiger charge is -2.22. The largest absolute Gasteiger partial charge is 0.434 e. The van der Waals surface area contributed by atoms with Crippen LogP contribution in [0.25, 0.3) is 0 Å². The first-order chi connectivity index (χ1) is 14.5. The number of rotatable bonds is 5. The van der Waals surface area contributed by atoms with Crippen LogP contribution >= 0.6 is 23.2 Å². The van der Waals surface area contributed by atoms with Gasteiger partial charge in [0, 0.05) is 18.3 Å². The van der Waals surface area contributed by atoms with Crippen LogP contribution in [0.3, 0.4) is 0 Å². The highest BCUT2D eigenvalue weighted by Gasteiger charge is 2.36. The van der Waals surface area contributed by atoms with Crippen LogP contribution in [0.15, 0.2) is 24.4 Å². The molecule has 1 saturated heterocycles. The molecule has 3 heterocycles. The van der Waals surface area contributed by atoms with E-state index in [9.17, 15) is 31.5 Å². The number of halogens is 7. The molecule has 0 saturated carbocycles. The van der Waals surface area contributed by atoms with Crippen molar-refractivity contribution in [2.24, 2.45) is 0 Å². The van der Waals surface area contributed by atoms with Crippen molar-refractivity contribution in [1.29, 1.82) is 0 Å². The topological polar surface area (TPSA) is 96.0 Å². The third kappa shape index (κ3) is 5.13. The predicted molar refractivity (Wildman–Crippen MR) is 98.8 cm³/mol. The molecule has 0 bridgehead atoms. The summed E-state index contributed by atoms with van der Waals surface area (Å²) >= 11 is 11.4. The monoisotopic (exact) mass is 483 g/mol. The lowest BCUT2D eigenvalue weighted by atomic mass is 10.0. The summed E-state index contributed by atoms with van der Waals surface area (Å²) in [7, 11) is 0. The fourth-order valence-electron chi connectivity index (χ4n) is 2.79. The Kier molecular flexibility index (Phi) is 6.51. The van der Waals surface area contributed by atoms with Crippen LogP contribution in [0, 0.1) is 0 Å². The molecule has 1 aliphatic heterocycles. The minimum absolute atomic E-state index is 0.0558. The number of hydrogen-bond donors (Lipinski definition) is 3. The quantitative estimate of drug-likeness (QED) is 0.565. The van der Waals surface area contributed by atoms with E-state index < -0.39 is 53.0 Å². The van der Waals surface area contributed by atoms with Crippen molar-refractivity contribution in [2.45, 2.75) is 24.7 Å². The van der Waals surface area contributed by atoms with E-state index in [4.69, 9.17) is 23.2 Å². The standard InChI is InChI=1S/C17H12Cl2F5N5O2/c18-7-1-2-9(27-12(7)14(20)21)11(29-15(30)10-5-26-16(31)28-10)6-3-8(19)13(25-4-6)17(22,23)24/h1-4,10-11,14H,5H2,(H,29,30)(H2,26,28,31)/t10?,11-/m0/s1. The van der Waals surface area contributed by atoms with Gasteiger partial charge in [-0.25, -0.2) is 23.5 Å². The first kappa shape index (κ1) is 22.9. The number of alkyl halides is 5. The number of carbonyl (C=O) groups excluding carboxylic acids is 2. The zero-order valence-electron chi connectivity index (χ0n) is 15.1. The summed E-state index contributed by atoms with van der Waals surface area (Å²) in [6, 6.07) is 0.313. The Morgan fingerprint density at radius 1 is 1.23 bits per heavy atom. The van der Waals surface area contributed by atoms with Gasteiger partial charge in [0.05, 0.1) is 21.8 Å². The lowest BCUT2D eigenvalue weighted by Crippen LogP contribution is -2.44. The molecule has 2 atom stereocenters. The zero-order chi connectivity index (χ0) is 22.9. The third-order valence-electron chi connectivity index (χ3n) is 4.24. The Morgan fingerprint density at radius 3 is 2.48 bits per heavy atom. The van der Waals surface area contributed by atoms with E-state index in [1.807, 2.05) is 0 Å². The molecule has 2 aromatic heterocycles. The number of pyridine rings is 2. The number of amides is 3. The van der Waals surface area contributed by atoms with E-state index in [1.54, 1.807) is 0 Å². The summed E-state index contributed by atoms with van der Waals surface area (Å²) in [5.41, 5.74) is -2.34. The summed E-state index contributed by atoms with van der Waals surface area (Å²) in [6.07, 6.45) is -7.07. The van der Waals surface area contributed by atoms with Gasteiger partial charge in [-0.3, -0.25) is 4.79 Å². The maximum absolute atomic E-state index is 13.2. The van der Waals surface area contributed by atoms with E-state index in [2.05, 4.69) is 25.9 Å². The number of nitrogens with zero attached hydrogens (tertiary/aromatic N) is 2. The van der Waals surface area contributed by atoms with Crippen molar-refractivity contribution < 1.29 is 31.5 Å². The summed E-state index contributed by atoms with van der Waals surface area (Å²) in [5.74, 6) is -0.741. The molecule has 3 rings (SSSR count). The second-order valence-corrected chi connectivity index (χ2v) is 7.16. The molecule has 0 aliphatic carbocycles. The minimum atomic E-state index is -4.82. The van der Waals surface area contributed by atoms with Gasteiger partial charge in [-0.1, -0.05) is 23.2 Å². The van der Waals surface area contributed by atoms with Gasteiger partial charge in [0.15, 0.2) is 5.69 Å². The maximum Gasteiger partial charge on any atom is 0.434 e. The van der Waals surface area contributed by atoms with Gasteiger partial charge < -0.3 is 16.0 Å². The van der Waals surface area contributed by atoms with Crippen LogP contribution in [0.5, 0.6) is 0 Å². The average molecular weight is 484 g/mol. The number of urea groups is 1. The average Bonchev–Trinajstić information content (AvgIpc) is 3.11. The van der Waals surface area contributed by atoms with Gasteiger partial charge in [-0.2, -0.15) is 13.2 Å². The number of aromatic nitrogens is 2. The van der Waals surface area contributed by atoms with Crippen LogP contribution in [0.1, 0.15) is 35.1 Å². The molecule has 166 valence electrons. The third-order valence-corrected chi connectivity index (χ3v) is 4.84. The predicted octanol–water partition coefficient (Wildman–Crippen LogP) is 3.63. The van der Waals surface area contributed by atoms with Crippen LogP contribution in [0.2, 0.25) is 10.0 Å². The molecule has 1 unspecified atom stereocenters. The second-order valence-electron chi connectivity index (χ2n) is 6.35. The number of carbonyl (C=O) groups is 2. The van der Waals surface area contributed by atoms with E-state index in [0.717, 1.165) is 18.3 Å². The van der Waals surface area contributed by atoms with Crippen molar-refractivity contribution in [3.05, 3.63) is 57.1 Å². The zero-order valence-corrected chi connectivity index (χ0v) is 16.6. The van der Waals surface area contributed by atoms with Gasteiger partial charge >= 0.3 is 12.2 Å². The Hall–Kier alpha value is -2.73. The maximum atomic E-state index is 13.2. The molecule has 0 radical (unpaired) electrons. The summed E-state index contributed by atoms with van der Waals surface area (Å²) < 4.78 is 65.4. The van der Waals surface area contributed by atoms with Gasteiger partial charge in [0.2, 0.25) is 5.91 Å². The molecular weight excluding hydrogens is 472 g/mol. The van der Waals surface area contributed by atoms with Crippen LogP contribution in [-0.4, -0.2) is 34.5 Å². The van der Waals surface area contributed by atoms with Crippen LogP contribution in [0.4, 0.5) is 26.7 Å².